The molecule has 0 aliphatic rings. The summed E-state index contributed by atoms with van der Waals surface area (Å²) in [5, 5.41) is 12.3. The fourth-order valence-electron chi connectivity index (χ4n) is 3.13. The quantitative estimate of drug-likeness (QED) is 0.382. The molecule has 0 saturated carbocycles. The third-order valence-electron chi connectivity index (χ3n) is 4.57. The highest BCUT2D eigenvalue weighted by Gasteiger charge is 2.19. The zero-order valence-corrected chi connectivity index (χ0v) is 16.6. The molecule has 31 heavy (non-hydrogen) atoms. The Morgan fingerprint density at radius 2 is 2.03 bits per heavy atom. The summed E-state index contributed by atoms with van der Waals surface area (Å²) in [4.78, 5) is 25.1. The maximum Gasteiger partial charge on any atom is 0.280 e. The number of nitrogens with one attached hydrogen (secondary N) is 1. The third kappa shape index (κ3) is 4.55. The minimum atomic E-state index is -0.554. The van der Waals surface area contributed by atoms with Crippen LogP contribution in [0, 0.1) is 12.7 Å². The molecule has 156 valence electrons. The molecular formula is C22H18FN5O3. The third-order valence-corrected chi connectivity index (χ3v) is 4.57. The summed E-state index contributed by atoms with van der Waals surface area (Å²) in [6.07, 6.45) is 1.72. The molecule has 1 N–H and O–H groups in total. The van der Waals surface area contributed by atoms with Gasteiger partial charge in [-0.25, -0.2) is 14.5 Å². The van der Waals surface area contributed by atoms with Crippen molar-refractivity contribution >= 4 is 23.1 Å². The Hall–Kier alpha value is -4.14. The number of hydrogen-bond acceptors (Lipinski definition) is 6. The van der Waals surface area contributed by atoms with Crippen LogP contribution < -0.4 is 11.0 Å². The van der Waals surface area contributed by atoms with E-state index in [0.717, 1.165) is 10.2 Å². The highest BCUT2D eigenvalue weighted by atomic mass is 19.1. The van der Waals surface area contributed by atoms with Gasteiger partial charge < -0.3 is 4.52 Å². The standard InChI is InChI=1S/C22H18FN5O3/c1-14-20-21(31-27-14)18(11-15-6-3-2-4-7-15)26-28(22(20)30)13-19(29)25-24-12-16-8-5-9-17(23)10-16/h2-10,12H,11,13H2,1H3,(H,25,29)/b24-12+. The maximum atomic E-state index is 13.2. The molecule has 0 aliphatic carbocycles. The van der Waals surface area contributed by atoms with Crippen LogP contribution in [-0.2, 0) is 17.8 Å². The van der Waals surface area contributed by atoms with Crippen molar-refractivity contribution in [2.75, 3.05) is 0 Å². The van der Waals surface area contributed by atoms with E-state index in [4.69, 9.17) is 4.52 Å². The van der Waals surface area contributed by atoms with Gasteiger partial charge >= 0.3 is 0 Å². The minimum Gasteiger partial charge on any atom is -0.354 e. The maximum absolute atomic E-state index is 13.2. The van der Waals surface area contributed by atoms with Gasteiger partial charge in [-0.15, -0.1) is 0 Å². The molecule has 4 rings (SSSR count). The molecule has 4 aromatic rings. The first-order valence-corrected chi connectivity index (χ1v) is 9.48. The van der Waals surface area contributed by atoms with Gasteiger partial charge in [0.2, 0.25) is 0 Å². The molecular weight excluding hydrogens is 401 g/mol. The Kier molecular flexibility index (Phi) is 5.65. The number of rotatable bonds is 6. The second-order valence-corrected chi connectivity index (χ2v) is 6.89. The Bertz CT molecular complexity index is 1330. The molecule has 0 saturated heterocycles. The molecule has 0 fully saturated rings. The van der Waals surface area contributed by atoms with Crippen molar-refractivity contribution in [3.05, 3.63) is 93.3 Å². The molecule has 8 nitrogen and oxygen atoms in total. The number of carbonyl (C=O) groups excluding carboxylic acids is 1. The van der Waals surface area contributed by atoms with Crippen LogP contribution in [-0.4, -0.2) is 27.1 Å². The van der Waals surface area contributed by atoms with Crippen LogP contribution in [0.2, 0.25) is 0 Å². The van der Waals surface area contributed by atoms with E-state index in [1.165, 1.54) is 24.4 Å². The Morgan fingerprint density at radius 1 is 1.23 bits per heavy atom. The first kappa shape index (κ1) is 20.1. The molecule has 1 amide bonds. The van der Waals surface area contributed by atoms with Gasteiger partial charge in [-0.2, -0.15) is 10.2 Å². The van der Waals surface area contributed by atoms with E-state index < -0.39 is 17.3 Å². The average molecular weight is 419 g/mol. The Balaban J connectivity index is 1.58. The molecule has 0 aliphatic heterocycles. The summed E-state index contributed by atoms with van der Waals surface area (Å²) in [5.41, 5.74) is 4.54. The predicted octanol–water partition coefficient (Wildman–Crippen LogP) is 2.57. The van der Waals surface area contributed by atoms with Gasteiger partial charge in [0, 0.05) is 6.42 Å². The van der Waals surface area contributed by atoms with Crippen molar-refractivity contribution in [3.8, 4) is 0 Å². The molecule has 2 heterocycles. The Morgan fingerprint density at radius 3 is 2.81 bits per heavy atom. The van der Waals surface area contributed by atoms with E-state index in [-0.39, 0.29) is 11.9 Å². The molecule has 0 atom stereocenters. The van der Waals surface area contributed by atoms with Gasteiger partial charge in [-0.1, -0.05) is 47.6 Å². The van der Waals surface area contributed by atoms with E-state index in [9.17, 15) is 14.0 Å². The largest absolute Gasteiger partial charge is 0.354 e. The zero-order chi connectivity index (χ0) is 21.8. The van der Waals surface area contributed by atoms with Gasteiger partial charge in [0.1, 0.15) is 23.4 Å². The molecule has 9 heteroatoms. The van der Waals surface area contributed by atoms with Crippen molar-refractivity contribution in [1.82, 2.24) is 20.4 Å². The summed E-state index contributed by atoms with van der Waals surface area (Å²) in [6.45, 7) is 1.31. The molecule has 2 aromatic carbocycles. The second-order valence-electron chi connectivity index (χ2n) is 6.89. The number of carbonyl (C=O) groups is 1. The fourth-order valence-corrected chi connectivity index (χ4v) is 3.13. The van der Waals surface area contributed by atoms with Gasteiger partial charge in [-0.3, -0.25) is 9.59 Å². The number of nitrogens with zero attached hydrogens (tertiary/aromatic N) is 4. The smallest absolute Gasteiger partial charge is 0.280 e. The lowest BCUT2D eigenvalue weighted by Crippen LogP contribution is -2.32. The fraction of sp³-hybridized carbons (Fsp3) is 0.136. The van der Waals surface area contributed by atoms with Crippen LogP contribution in [0.1, 0.15) is 22.5 Å². The van der Waals surface area contributed by atoms with E-state index in [1.807, 2.05) is 30.3 Å². The van der Waals surface area contributed by atoms with Crippen molar-refractivity contribution in [2.24, 2.45) is 5.10 Å². The highest BCUT2D eigenvalue weighted by Crippen LogP contribution is 2.19. The normalized spacial score (nSPS) is 11.3. The summed E-state index contributed by atoms with van der Waals surface area (Å²) in [7, 11) is 0. The van der Waals surface area contributed by atoms with Crippen molar-refractivity contribution in [1.29, 1.82) is 0 Å². The highest BCUT2D eigenvalue weighted by molar-refractivity contribution is 5.83. The van der Waals surface area contributed by atoms with Crippen molar-refractivity contribution < 1.29 is 13.7 Å². The summed E-state index contributed by atoms with van der Waals surface area (Å²) < 4.78 is 19.6. The Labute approximate surface area is 176 Å². The monoisotopic (exact) mass is 419 g/mol. The topological polar surface area (TPSA) is 102 Å². The van der Waals surface area contributed by atoms with Crippen LogP contribution in [0.3, 0.4) is 0 Å². The predicted molar refractivity (Wildman–Crippen MR) is 112 cm³/mol. The first-order valence-electron chi connectivity index (χ1n) is 9.48. The number of hydrogen-bond donors (Lipinski definition) is 1. The number of fused-ring (bicyclic) bond motifs is 1. The van der Waals surface area contributed by atoms with Gasteiger partial charge in [0.25, 0.3) is 11.5 Å². The minimum absolute atomic E-state index is 0.289. The van der Waals surface area contributed by atoms with E-state index in [0.29, 0.717) is 29.0 Å². The van der Waals surface area contributed by atoms with Crippen molar-refractivity contribution in [3.63, 3.8) is 0 Å². The van der Waals surface area contributed by atoms with Crippen LogP contribution in [0.25, 0.3) is 11.0 Å². The second kappa shape index (κ2) is 8.70. The molecule has 0 bridgehead atoms. The van der Waals surface area contributed by atoms with E-state index >= 15 is 0 Å². The summed E-state index contributed by atoms with van der Waals surface area (Å²) >= 11 is 0. The number of aryl methyl sites for hydroxylation is 1. The zero-order valence-electron chi connectivity index (χ0n) is 16.6. The van der Waals surface area contributed by atoms with E-state index in [1.54, 1.807) is 13.0 Å². The number of halogens is 1. The lowest BCUT2D eigenvalue weighted by molar-refractivity contribution is -0.121. The summed E-state index contributed by atoms with van der Waals surface area (Å²) in [5.74, 6) is -0.962. The number of hydrazone groups is 1. The average Bonchev–Trinajstić information content (AvgIpc) is 3.14. The molecule has 0 radical (unpaired) electrons. The van der Waals surface area contributed by atoms with Crippen LogP contribution >= 0.6 is 0 Å². The van der Waals surface area contributed by atoms with Crippen LogP contribution in [0.5, 0.6) is 0 Å². The molecule has 0 unspecified atom stereocenters. The van der Waals surface area contributed by atoms with E-state index in [2.05, 4.69) is 20.8 Å². The lowest BCUT2D eigenvalue weighted by atomic mass is 10.1. The first-order chi connectivity index (χ1) is 15.0. The van der Waals surface area contributed by atoms with Gasteiger partial charge in [0.15, 0.2) is 5.58 Å². The number of benzene rings is 2. The van der Waals surface area contributed by atoms with Gasteiger partial charge in [0.05, 0.1) is 11.9 Å². The van der Waals surface area contributed by atoms with Crippen LogP contribution in [0.4, 0.5) is 4.39 Å². The molecule has 2 aromatic heterocycles. The van der Waals surface area contributed by atoms with Crippen molar-refractivity contribution in [2.45, 2.75) is 19.9 Å². The number of aromatic nitrogens is 3. The van der Waals surface area contributed by atoms with Gasteiger partial charge in [-0.05, 0) is 30.2 Å². The SMILES string of the molecule is Cc1noc2c(Cc3ccccc3)nn(CC(=O)N/N=C/c3cccc(F)c3)c(=O)c12. The van der Waals surface area contributed by atoms with Crippen LogP contribution in [0.15, 0.2) is 69.0 Å². The summed E-state index contributed by atoms with van der Waals surface area (Å²) in [6, 6.07) is 15.3. The molecule has 0 spiro atoms. The number of amides is 1. The lowest BCUT2D eigenvalue weighted by Gasteiger charge is -2.07.